The summed E-state index contributed by atoms with van der Waals surface area (Å²) in [5.41, 5.74) is 1.05. The number of aliphatic hydroxyl groups excluding tert-OH is 4. The van der Waals surface area contributed by atoms with E-state index in [-0.39, 0.29) is 37.3 Å². The lowest BCUT2D eigenvalue weighted by Gasteiger charge is -2.40. The molecular formula is C24H32O10. The summed E-state index contributed by atoms with van der Waals surface area (Å²) >= 11 is 0. The number of hydrogen-bond donors (Lipinski definition) is 4. The molecule has 2 fully saturated rings. The van der Waals surface area contributed by atoms with Gasteiger partial charge in [-0.3, -0.25) is 4.79 Å². The molecule has 10 nitrogen and oxygen atoms in total. The van der Waals surface area contributed by atoms with Crippen molar-refractivity contribution in [3.8, 4) is 11.5 Å². The van der Waals surface area contributed by atoms with E-state index in [0.717, 1.165) is 31.1 Å². The van der Waals surface area contributed by atoms with E-state index in [4.69, 9.17) is 23.4 Å². The molecule has 2 aliphatic rings. The number of furan rings is 1. The number of aliphatic hydroxyl groups is 4. The van der Waals surface area contributed by atoms with E-state index >= 15 is 0 Å². The molecule has 1 aromatic carbocycles. The Kier molecular flexibility index (Phi) is 7.95. The van der Waals surface area contributed by atoms with E-state index in [1.165, 1.54) is 6.26 Å². The summed E-state index contributed by atoms with van der Waals surface area (Å²) in [5.74, 6) is 0.167. The van der Waals surface area contributed by atoms with E-state index in [0.29, 0.717) is 16.9 Å². The van der Waals surface area contributed by atoms with Crippen molar-refractivity contribution in [3.63, 3.8) is 0 Å². The maximum atomic E-state index is 12.0. The van der Waals surface area contributed by atoms with Gasteiger partial charge in [-0.05, 0) is 56.7 Å². The molecule has 34 heavy (non-hydrogen) atoms. The molecule has 4 rings (SSSR count). The standard InChI is InChI=1S/C24H32O10/c1-2-30-17(26)8-7-13-11-14-9-10-31-21(14)23(32-15-5-3-4-6-15)22(13)34-24-20(29)19(28)18(27)16(12-25)33-24/h9-11,15-16,18-20,24-25,27-29H,2-8,12H2,1H3/t16-,18-,19+,20-,24+/m1/s1. The molecule has 188 valence electrons. The van der Waals surface area contributed by atoms with Crippen molar-refractivity contribution in [1.82, 2.24) is 0 Å². The quantitative estimate of drug-likeness (QED) is 0.388. The van der Waals surface area contributed by atoms with Crippen LogP contribution in [0.2, 0.25) is 0 Å². The zero-order valence-corrected chi connectivity index (χ0v) is 19.1. The van der Waals surface area contributed by atoms with Gasteiger partial charge in [-0.15, -0.1) is 0 Å². The summed E-state index contributed by atoms with van der Waals surface area (Å²) in [7, 11) is 0. The first-order chi connectivity index (χ1) is 16.4. The molecule has 1 saturated heterocycles. The van der Waals surface area contributed by atoms with Crippen LogP contribution in [0.3, 0.4) is 0 Å². The highest BCUT2D eigenvalue weighted by Crippen LogP contribution is 2.43. The van der Waals surface area contributed by atoms with Crippen molar-refractivity contribution in [1.29, 1.82) is 0 Å². The fourth-order valence-corrected chi connectivity index (χ4v) is 4.47. The molecule has 1 aliphatic carbocycles. The zero-order valence-electron chi connectivity index (χ0n) is 19.1. The lowest BCUT2D eigenvalue weighted by molar-refractivity contribution is -0.277. The molecule has 0 radical (unpaired) electrons. The molecule has 0 unspecified atom stereocenters. The van der Waals surface area contributed by atoms with Crippen LogP contribution in [0.5, 0.6) is 11.5 Å². The first kappa shape index (κ1) is 24.7. The molecule has 0 spiro atoms. The SMILES string of the molecule is CCOC(=O)CCc1cc2ccoc2c(OC2CCCC2)c1O[C@@H]1O[C@H](CO)[C@@H](O)[C@H](O)[C@H]1O. The molecule has 5 atom stereocenters. The summed E-state index contributed by atoms with van der Waals surface area (Å²) in [6, 6.07) is 3.58. The fourth-order valence-electron chi connectivity index (χ4n) is 4.47. The molecule has 2 heterocycles. The summed E-state index contributed by atoms with van der Waals surface area (Å²) in [6.07, 6.45) is -1.59. The number of esters is 1. The van der Waals surface area contributed by atoms with Crippen LogP contribution >= 0.6 is 0 Å². The average Bonchev–Trinajstić information content (AvgIpc) is 3.51. The normalized spacial score (nSPS) is 27.7. The van der Waals surface area contributed by atoms with Gasteiger partial charge in [-0.25, -0.2) is 0 Å². The first-order valence-corrected chi connectivity index (χ1v) is 11.8. The second kappa shape index (κ2) is 10.9. The fraction of sp³-hybridized carbons (Fsp3) is 0.625. The van der Waals surface area contributed by atoms with Gasteiger partial charge in [0, 0.05) is 11.8 Å². The third kappa shape index (κ3) is 5.16. The third-order valence-corrected chi connectivity index (χ3v) is 6.30. The first-order valence-electron chi connectivity index (χ1n) is 11.8. The number of ether oxygens (including phenoxy) is 4. The van der Waals surface area contributed by atoms with Crippen LogP contribution in [-0.2, 0) is 20.7 Å². The molecule has 1 aromatic heterocycles. The summed E-state index contributed by atoms with van der Waals surface area (Å²) < 4.78 is 28.7. The summed E-state index contributed by atoms with van der Waals surface area (Å²) in [6.45, 7) is 1.42. The molecule has 2 aromatic rings. The molecule has 1 aliphatic heterocycles. The monoisotopic (exact) mass is 480 g/mol. The maximum Gasteiger partial charge on any atom is 0.306 e. The van der Waals surface area contributed by atoms with E-state index in [1.54, 1.807) is 19.1 Å². The van der Waals surface area contributed by atoms with Crippen LogP contribution < -0.4 is 9.47 Å². The van der Waals surface area contributed by atoms with Crippen LogP contribution in [0.4, 0.5) is 0 Å². The molecule has 0 amide bonds. The highest BCUT2D eigenvalue weighted by atomic mass is 16.7. The molecule has 10 heteroatoms. The maximum absolute atomic E-state index is 12.0. The van der Waals surface area contributed by atoms with E-state index in [1.807, 2.05) is 0 Å². The van der Waals surface area contributed by atoms with Crippen LogP contribution in [-0.4, -0.2) is 76.4 Å². The number of carbonyl (C=O) groups excluding carboxylic acids is 1. The Hall–Kier alpha value is -2.37. The van der Waals surface area contributed by atoms with Gasteiger partial charge in [0.1, 0.15) is 24.4 Å². The second-order valence-corrected chi connectivity index (χ2v) is 8.68. The van der Waals surface area contributed by atoms with Crippen molar-refractivity contribution in [2.45, 2.75) is 82.3 Å². The number of carbonyl (C=O) groups is 1. The van der Waals surface area contributed by atoms with Gasteiger partial charge in [-0.2, -0.15) is 0 Å². The Labute approximate surface area is 197 Å². The predicted octanol–water partition coefficient (Wildman–Crippen LogP) is 1.43. The number of hydrogen-bond acceptors (Lipinski definition) is 10. The zero-order chi connectivity index (χ0) is 24.2. The average molecular weight is 481 g/mol. The molecule has 4 N–H and O–H groups in total. The van der Waals surface area contributed by atoms with Gasteiger partial charge in [0.05, 0.1) is 25.6 Å². The Bertz CT molecular complexity index is 964. The van der Waals surface area contributed by atoms with Crippen LogP contribution in [0.1, 0.15) is 44.6 Å². The van der Waals surface area contributed by atoms with Gasteiger partial charge in [0.25, 0.3) is 0 Å². The van der Waals surface area contributed by atoms with Gasteiger partial charge in [0.15, 0.2) is 11.3 Å². The molecule has 1 saturated carbocycles. The largest absolute Gasteiger partial charge is 0.483 e. The smallest absolute Gasteiger partial charge is 0.306 e. The van der Waals surface area contributed by atoms with Crippen molar-refractivity contribution in [3.05, 3.63) is 24.0 Å². The highest BCUT2D eigenvalue weighted by molar-refractivity contribution is 5.87. The van der Waals surface area contributed by atoms with E-state index in [2.05, 4.69) is 0 Å². The summed E-state index contributed by atoms with van der Waals surface area (Å²) in [4.78, 5) is 12.0. The number of rotatable bonds is 9. The van der Waals surface area contributed by atoms with Crippen molar-refractivity contribution in [2.75, 3.05) is 13.2 Å². The Morgan fingerprint density at radius 3 is 2.56 bits per heavy atom. The minimum absolute atomic E-state index is 0.0502. The van der Waals surface area contributed by atoms with Crippen molar-refractivity contribution in [2.24, 2.45) is 0 Å². The van der Waals surface area contributed by atoms with Crippen LogP contribution in [0.15, 0.2) is 22.8 Å². The second-order valence-electron chi connectivity index (χ2n) is 8.68. The number of benzene rings is 1. The number of aryl methyl sites for hydroxylation is 1. The Balaban J connectivity index is 1.71. The Morgan fingerprint density at radius 1 is 1.09 bits per heavy atom. The van der Waals surface area contributed by atoms with E-state index < -0.39 is 37.3 Å². The van der Waals surface area contributed by atoms with Gasteiger partial charge in [-0.1, -0.05) is 0 Å². The topological polar surface area (TPSA) is 148 Å². The van der Waals surface area contributed by atoms with Gasteiger partial charge >= 0.3 is 5.97 Å². The van der Waals surface area contributed by atoms with Crippen molar-refractivity contribution >= 4 is 16.9 Å². The predicted molar refractivity (Wildman–Crippen MR) is 118 cm³/mol. The summed E-state index contributed by atoms with van der Waals surface area (Å²) in [5, 5.41) is 41.1. The minimum Gasteiger partial charge on any atom is -0.483 e. The minimum atomic E-state index is -1.60. The number of fused-ring (bicyclic) bond motifs is 1. The molecular weight excluding hydrogens is 448 g/mol. The van der Waals surface area contributed by atoms with Gasteiger partial charge in [0.2, 0.25) is 12.0 Å². The highest BCUT2D eigenvalue weighted by Gasteiger charge is 2.45. The lowest BCUT2D eigenvalue weighted by atomic mass is 9.99. The van der Waals surface area contributed by atoms with Gasteiger partial charge < -0.3 is 43.8 Å². The molecule has 0 bridgehead atoms. The third-order valence-electron chi connectivity index (χ3n) is 6.30. The van der Waals surface area contributed by atoms with Crippen molar-refractivity contribution < 1.29 is 48.6 Å². The Morgan fingerprint density at radius 2 is 1.85 bits per heavy atom. The lowest BCUT2D eigenvalue weighted by Crippen LogP contribution is -2.60. The van der Waals surface area contributed by atoms with Crippen LogP contribution in [0.25, 0.3) is 11.0 Å². The van der Waals surface area contributed by atoms with E-state index in [9.17, 15) is 25.2 Å². The van der Waals surface area contributed by atoms with Crippen LogP contribution in [0, 0.1) is 0 Å².